The van der Waals surface area contributed by atoms with Crippen LogP contribution in [0.4, 0.5) is 18.3 Å². The summed E-state index contributed by atoms with van der Waals surface area (Å²) in [6.45, 7) is 3.85. The smallest absolute Gasteiger partial charge is 0.349 e. The first-order valence-corrected chi connectivity index (χ1v) is 13.2. The van der Waals surface area contributed by atoms with Gasteiger partial charge >= 0.3 is 6.18 Å². The third-order valence-corrected chi connectivity index (χ3v) is 8.39. The van der Waals surface area contributed by atoms with Gasteiger partial charge in [0.2, 0.25) is 5.13 Å². The lowest BCUT2D eigenvalue weighted by Gasteiger charge is -2.14. The van der Waals surface area contributed by atoms with Crippen molar-refractivity contribution in [2.75, 3.05) is 4.72 Å². The molecule has 0 saturated carbocycles. The first-order chi connectivity index (χ1) is 16.3. The van der Waals surface area contributed by atoms with E-state index in [2.05, 4.69) is 20.2 Å². The highest BCUT2D eigenvalue weighted by atomic mass is 35.5. The molecule has 1 aromatic heterocycles. The number of halogens is 4. The van der Waals surface area contributed by atoms with Crippen molar-refractivity contribution in [2.45, 2.75) is 49.7 Å². The zero-order valence-corrected chi connectivity index (χ0v) is 20.9. The number of hydrogen-bond donors (Lipinski definition) is 2. The number of hydrogen-bond acceptors (Lipinski definition) is 6. The molecule has 3 aromatic rings. The Morgan fingerprint density at radius 2 is 1.83 bits per heavy atom. The number of nitrogens with zero attached hydrogens (tertiary/aromatic N) is 2. The molecule has 35 heavy (non-hydrogen) atoms. The van der Waals surface area contributed by atoms with Gasteiger partial charge in [0.1, 0.15) is 5.01 Å². The summed E-state index contributed by atoms with van der Waals surface area (Å²) in [4.78, 5) is 12.7. The van der Waals surface area contributed by atoms with Gasteiger partial charge in [-0.05, 0) is 54.3 Å². The number of sulfonamides is 1. The Kier molecular flexibility index (Phi) is 6.82. The van der Waals surface area contributed by atoms with E-state index in [-0.39, 0.29) is 26.5 Å². The number of anilines is 1. The molecule has 186 valence electrons. The number of carbonyl (C=O) groups is 1. The van der Waals surface area contributed by atoms with Crippen LogP contribution in [0.2, 0.25) is 5.02 Å². The van der Waals surface area contributed by atoms with Crippen LogP contribution in [0, 0.1) is 0 Å². The van der Waals surface area contributed by atoms with E-state index in [1.807, 2.05) is 13.8 Å². The molecule has 0 fully saturated rings. The zero-order chi connectivity index (χ0) is 25.5. The summed E-state index contributed by atoms with van der Waals surface area (Å²) in [7, 11) is -3.91. The molecule has 0 spiro atoms. The van der Waals surface area contributed by atoms with Gasteiger partial charge in [0.25, 0.3) is 15.9 Å². The number of amides is 1. The Morgan fingerprint density at radius 3 is 2.49 bits per heavy atom. The van der Waals surface area contributed by atoms with Crippen LogP contribution in [-0.2, 0) is 29.0 Å². The lowest BCUT2D eigenvalue weighted by atomic mass is 10.1. The van der Waals surface area contributed by atoms with Crippen LogP contribution in [0.15, 0.2) is 41.3 Å². The Balaban J connectivity index is 1.47. The highest BCUT2D eigenvalue weighted by molar-refractivity contribution is 7.93. The Bertz CT molecular complexity index is 1390. The molecule has 0 bridgehead atoms. The van der Waals surface area contributed by atoms with Gasteiger partial charge in [0.05, 0.1) is 21.0 Å². The summed E-state index contributed by atoms with van der Waals surface area (Å²) < 4.78 is 67.1. The predicted molar refractivity (Wildman–Crippen MR) is 126 cm³/mol. The minimum absolute atomic E-state index is 0.0328. The summed E-state index contributed by atoms with van der Waals surface area (Å²) in [5, 5.41) is 11.3. The second kappa shape index (κ2) is 9.40. The summed E-state index contributed by atoms with van der Waals surface area (Å²) in [6, 6.07) is 6.78. The third-order valence-electron chi connectivity index (χ3n) is 5.45. The molecule has 0 saturated heterocycles. The molecular weight excluding hydrogens is 525 g/mol. The number of rotatable bonds is 6. The van der Waals surface area contributed by atoms with Crippen molar-refractivity contribution < 1.29 is 26.4 Å². The molecule has 7 nitrogen and oxygen atoms in total. The number of carbonyl (C=O) groups excluding carboxylic acids is 1. The Labute approximate surface area is 208 Å². The molecule has 2 aromatic carbocycles. The van der Waals surface area contributed by atoms with E-state index >= 15 is 0 Å². The van der Waals surface area contributed by atoms with Crippen molar-refractivity contribution in [3.63, 3.8) is 0 Å². The molecule has 0 radical (unpaired) electrons. The van der Waals surface area contributed by atoms with Crippen LogP contribution in [0.1, 0.15) is 51.8 Å². The number of benzene rings is 2. The lowest BCUT2D eigenvalue weighted by molar-refractivity contribution is -0.137. The maximum Gasteiger partial charge on any atom is 0.416 e. The van der Waals surface area contributed by atoms with Gasteiger partial charge in [-0.15, -0.1) is 10.2 Å². The fourth-order valence-electron chi connectivity index (χ4n) is 3.69. The first kappa shape index (κ1) is 25.4. The Hall–Kier alpha value is -2.70. The van der Waals surface area contributed by atoms with Gasteiger partial charge in [-0.2, -0.15) is 13.2 Å². The summed E-state index contributed by atoms with van der Waals surface area (Å²) in [5.41, 5.74) is 0.304. The first-order valence-electron chi connectivity index (χ1n) is 10.5. The number of alkyl halides is 3. The van der Waals surface area contributed by atoms with Crippen molar-refractivity contribution in [3.05, 3.63) is 68.7 Å². The molecule has 1 atom stereocenters. The fourth-order valence-corrected chi connectivity index (χ4v) is 5.91. The summed E-state index contributed by atoms with van der Waals surface area (Å²) >= 11 is 7.12. The topological polar surface area (TPSA) is 101 Å². The highest BCUT2D eigenvalue weighted by Gasteiger charge is 2.32. The van der Waals surface area contributed by atoms with Crippen LogP contribution in [0.25, 0.3) is 0 Å². The van der Waals surface area contributed by atoms with Crippen molar-refractivity contribution in [1.29, 1.82) is 0 Å². The largest absolute Gasteiger partial charge is 0.416 e. The Morgan fingerprint density at radius 1 is 1.11 bits per heavy atom. The average molecular weight is 545 g/mol. The normalized spacial score (nSPS) is 15.8. The fraction of sp³-hybridized carbons (Fsp3) is 0.318. The van der Waals surface area contributed by atoms with Crippen molar-refractivity contribution in [2.24, 2.45) is 0 Å². The molecule has 0 aliphatic heterocycles. The SMILES string of the molecule is CC(C)c1nnc(NS(=O)(=O)c2ccc3c(c2)CC(NC(=O)c2cc(C(F)(F)F)ccc2Cl)C3)s1. The maximum atomic E-state index is 13.0. The number of fused-ring (bicyclic) bond motifs is 1. The van der Waals surface area contributed by atoms with Gasteiger partial charge < -0.3 is 5.32 Å². The quantitative estimate of drug-likeness (QED) is 0.453. The highest BCUT2D eigenvalue weighted by Crippen LogP contribution is 2.32. The van der Waals surface area contributed by atoms with E-state index in [9.17, 15) is 26.4 Å². The monoisotopic (exact) mass is 544 g/mol. The molecule has 2 N–H and O–H groups in total. The van der Waals surface area contributed by atoms with Gasteiger partial charge in [-0.1, -0.05) is 42.9 Å². The second-order valence-corrected chi connectivity index (χ2v) is 11.5. The lowest BCUT2D eigenvalue weighted by Crippen LogP contribution is -2.35. The van der Waals surface area contributed by atoms with Crippen LogP contribution in [-0.4, -0.2) is 30.6 Å². The van der Waals surface area contributed by atoms with Gasteiger partial charge in [-0.25, -0.2) is 8.42 Å². The van der Waals surface area contributed by atoms with E-state index in [0.29, 0.717) is 29.5 Å². The zero-order valence-electron chi connectivity index (χ0n) is 18.5. The van der Waals surface area contributed by atoms with Crippen LogP contribution in [0.3, 0.4) is 0 Å². The van der Waals surface area contributed by atoms with Crippen LogP contribution < -0.4 is 10.0 Å². The van der Waals surface area contributed by atoms with Crippen molar-refractivity contribution in [1.82, 2.24) is 15.5 Å². The van der Waals surface area contributed by atoms with E-state index in [1.165, 1.54) is 12.1 Å². The van der Waals surface area contributed by atoms with E-state index in [1.54, 1.807) is 6.07 Å². The summed E-state index contributed by atoms with van der Waals surface area (Å²) in [6.07, 6.45) is -3.89. The molecule has 1 heterocycles. The van der Waals surface area contributed by atoms with Crippen LogP contribution in [0.5, 0.6) is 0 Å². The maximum absolute atomic E-state index is 13.0. The van der Waals surface area contributed by atoms with E-state index in [4.69, 9.17) is 11.6 Å². The minimum Gasteiger partial charge on any atom is -0.349 e. The van der Waals surface area contributed by atoms with Gasteiger partial charge in [0, 0.05) is 12.0 Å². The predicted octanol–water partition coefficient (Wildman–Crippen LogP) is 5.03. The molecule has 4 rings (SSSR count). The molecule has 1 unspecified atom stereocenters. The summed E-state index contributed by atoms with van der Waals surface area (Å²) in [5.74, 6) is -0.616. The van der Waals surface area contributed by atoms with Crippen molar-refractivity contribution >= 4 is 44.0 Å². The van der Waals surface area contributed by atoms with Crippen LogP contribution >= 0.6 is 22.9 Å². The van der Waals surface area contributed by atoms with E-state index in [0.717, 1.165) is 29.0 Å². The standard InChI is InChI=1S/C22H20ClF3N4O3S2/c1-11(2)20-28-29-21(34-20)30-35(32,33)16-5-3-12-7-15(8-13(12)9-16)27-19(31)17-10-14(22(24,25)26)4-6-18(17)23/h3-6,9-11,15H,7-8H2,1-2H3,(H,27,31)(H,29,30). The average Bonchev–Trinajstić information content (AvgIpc) is 3.38. The minimum atomic E-state index is -4.61. The molecule has 1 aliphatic carbocycles. The third kappa shape index (κ3) is 5.60. The molecule has 13 heteroatoms. The van der Waals surface area contributed by atoms with Crippen molar-refractivity contribution in [3.8, 4) is 0 Å². The molecular formula is C22H20ClF3N4O3S2. The molecule has 1 aliphatic rings. The second-order valence-electron chi connectivity index (χ2n) is 8.41. The van der Waals surface area contributed by atoms with E-state index < -0.39 is 33.7 Å². The van der Waals surface area contributed by atoms with Gasteiger partial charge in [0.15, 0.2) is 0 Å². The van der Waals surface area contributed by atoms with Gasteiger partial charge in [-0.3, -0.25) is 9.52 Å². The number of aromatic nitrogens is 2. The number of nitrogens with one attached hydrogen (secondary N) is 2. The molecule has 1 amide bonds.